The fourth-order valence-electron chi connectivity index (χ4n) is 2.32. The van der Waals surface area contributed by atoms with Gasteiger partial charge >= 0.3 is 0 Å². The van der Waals surface area contributed by atoms with Gasteiger partial charge in [-0.25, -0.2) is 0 Å². The van der Waals surface area contributed by atoms with E-state index in [0.717, 1.165) is 0 Å². The molecule has 1 heterocycles. The van der Waals surface area contributed by atoms with E-state index in [9.17, 15) is 10.5 Å². The van der Waals surface area contributed by atoms with Gasteiger partial charge in [0.2, 0.25) is 5.88 Å². The second kappa shape index (κ2) is 7.21. The number of nitrogens with zero attached hydrogens (tertiary/aromatic N) is 3. The second-order valence-electron chi connectivity index (χ2n) is 4.65. The molecule has 0 radical (unpaired) electrons. The van der Waals surface area contributed by atoms with Crippen LogP contribution in [-0.4, -0.2) is 25.8 Å². The minimum Gasteiger partial charge on any atom is -0.493 e. The van der Waals surface area contributed by atoms with Gasteiger partial charge in [0.15, 0.2) is 11.5 Å². The lowest BCUT2D eigenvalue weighted by molar-refractivity contribution is 0.326. The molecule has 122 valence electrons. The predicted octanol–water partition coefficient (Wildman–Crippen LogP) is 2.49. The first kappa shape index (κ1) is 16.9. The maximum Gasteiger partial charge on any atom is 0.234 e. The molecule has 0 aliphatic rings. The van der Waals surface area contributed by atoms with E-state index in [2.05, 4.69) is 4.98 Å². The van der Waals surface area contributed by atoms with Gasteiger partial charge in [-0.05, 0) is 24.6 Å². The molecule has 0 aliphatic carbocycles. The van der Waals surface area contributed by atoms with Crippen LogP contribution in [0.1, 0.15) is 18.1 Å². The Morgan fingerprint density at radius 3 is 2.29 bits per heavy atom. The van der Waals surface area contributed by atoms with Crippen LogP contribution in [0.4, 0.5) is 5.82 Å². The zero-order valence-electron chi connectivity index (χ0n) is 13.6. The summed E-state index contributed by atoms with van der Waals surface area (Å²) in [5.41, 5.74) is 7.07. The lowest BCUT2D eigenvalue weighted by atomic mass is 9.96. The third kappa shape index (κ3) is 2.88. The Morgan fingerprint density at radius 2 is 1.75 bits per heavy atom. The Hall–Kier alpha value is -3.45. The van der Waals surface area contributed by atoms with Crippen molar-refractivity contribution in [3.63, 3.8) is 0 Å². The minimum atomic E-state index is 0.00438. The molecular weight excluding hydrogens is 308 g/mol. The molecule has 0 unspecified atom stereocenters. The van der Waals surface area contributed by atoms with Crippen LogP contribution in [0.25, 0.3) is 11.1 Å². The van der Waals surface area contributed by atoms with Crippen molar-refractivity contribution in [2.24, 2.45) is 0 Å². The molecule has 0 bridgehead atoms. The Bertz CT molecular complexity index is 850. The van der Waals surface area contributed by atoms with E-state index in [1.807, 2.05) is 12.1 Å². The van der Waals surface area contributed by atoms with Crippen molar-refractivity contribution in [2.45, 2.75) is 6.92 Å². The van der Waals surface area contributed by atoms with Crippen molar-refractivity contribution in [2.75, 3.05) is 26.6 Å². The summed E-state index contributed by atoms with van der Waals surface area (Å²) in [6, 6.07) is 9.13. The molecule has 0 amide bonds. The zero-order chi connectivity index (χ0) is 17.7. The largest absolute Gasteiger partial charge is 0.493 e. The van der Waals surface area contributed by atoms with Crippen LogP contribution in [0, 0.1) is 22.7 Å². The molecule has 7 nitrogen and oxygen atoms in total. The van der Waals surface area contributed by atoms with E-state index in [1.54, 1.807) is 25.1 Å². The first-order valence-electron chi connectivity index (χ1n) is 7.10. The first-order chi connectivity index (χ1) is 11.6. The summed E-state index contributed by atoms with van der Waals surface area (Å²) in [6.07, 6.45) is 0. The second-order valence-corrected chi connectivity index (χ2v) is 4.65. The highest BCUT2D eigenvalue weighted by atomic mass is 16.5. The molecule has 2 rings (SSSR count). The number of nitrogens with two attached hydrogens (primary N) is 1. The summed E-state index contributed by atoms with van der Waals surface area (Å²) in [4.78, 5) is 4.02. The molecule has 7 heteroatoms. The molecule has 2 aromatic rings. The van der Waals surface area contributed by atoms with Crippen LogP contribution in [0.3, 0.4) is 0 Å². The monoisotopic (exact) mass is 324 g/mol. The fraction of sp³-hybridized carbons (Fsp3) is 0.235. The van der Waals surface area contributed by atoms with Gasteiger partial charge < -0.3 is 19.9 Å². The first-order valence-corrected chi connectivity index (χ1v) is 7.10. The third-order valence-corrected chi connectivity index (χ3v) is 3.37. The Balaban J connectivity index is 2.82. The van der Waals surface area contributed by atoms with Gasteiger partial charge in [-0.1, -0.05) is 6.07 Å². The number of benzene rings is 1. The summed E-state index contributed by atoms with van der Waals surface area (Å²) in [7, 11) is 3.03. The quantitative estimate of drug-likeness (QED) is 0.898. The highest BCUT2D eigenvalue weighted by molar-refractivity contribution is 5.83. The summed E-state index contributed by atoms with van der Waals surface area (Å²) in [5.74, 6) is 1.10. The highest BCUT2D eigenvalue weighted by Gasteiger charge is 2.22. The van der Waals surface area contributed by atoms with Crippen molar-refractivity contribution in [1.29, 1.82) is 10.5 Å². The standard InChI is InChI=1S/C17H16N4O3/c1-4-24-17-12(9-19)15(11(8-18)16(20)21-17)10-5-6-13(22-2)14(7-10)23-3/h5-7H,4H2,1-3H3,(H2,20,21). The van der Waals surface area contributed by atoms with Crippen LogP contribution in [0.5, 0.6) is 17.4 Å². The number of methoxy groups -OCH3 is 2. The molecule has 0 aliphatic heterocycles. The molecule has 0 fully saturated rings. The maximum absolute atomic E-state index is 9.55. The number of nitriles is 2. The lowest BCUT2D eigenvalue weighted by Gasteiger charge is -2.14. The average Bonchev–Trinajstić information content (AvgIpc) is 2.60. The van der Waals surface area contributed by atoms with Crippen LogP contribution in [-0.2, 0) is 0 Å². The number of pyridine rings is 1. The van der Waals surface area contributed by atoms with Crippen LogP contribution in [0.2, 0.25) is 0 Å². The molecule has 1 aromatic heterocycles. The van der Waals surface area contributed by atoms with Crippen molar-refractivity contribution in [3.05, 3.63) is 29.3 Å². The number of nitrogen functional groups attached to an aromatic ring is 1. The topological polar surface area (TPSA) is 114 Å². The summed E-state index contributed by atoms with van der Waals surface area (Å²) < 4.78 is 15.9. The molecule has 0 saturated carbocycles. The predicted molar refractivity (Wildman–Crippen MR) is 87.8 cm³/mol. The Morgan fingerprint density at radius 1 is 1.08 bits per heavy atom. The van der Waals surface area contributed by atoms with E-state index in [0.29, 0.717) is 29.2 Å². The van der Waals surface area contributed by atoms with Gasteiger partial charge in [-0.15, -0.1) is 0 Å². The SMILES string of the molecule is CCOc1nc(N)c(C#N)c(-c2ccc(OC)c(OC)c2)c1C#N. The van der Waals surface area contributed by atoms with E-state index < -0.39 is 0 Å². The number of aromatic nitrogens is 1. The summed E-state index contributed by atoms with van der Waals surface area (Å²) in [6.45, 7) is 2.09. The molecule has 2 N–H and O–H groups in total. The van der Waals surface area contributed by atoms with E-state index >= 15 is 0 Å². The maximum atomic E-state index is 9.55. The van der Waals surface area contributed by atoms with Gasteiger partial charge in [-0.2, -0.15) is 15.5 Å². The van der Waals surface area contributed by atoms with Gasteiger partial charge in [0, 0.05) is 5.56 Å². The van der Waals surface area contributed by atoms with Gasteiger partial charge in [0.05, 0.1) is 20.8 Å². The van der Waals surface area contributed by atoms with Crippen LogP contribution >= 0.6 is 0 Å². The fourth-order valence-corrected chi connectivity index (χ4v) is 2.32. The van der Waals surface area contributed by atoms with Crippen molar-refractivity contribution < 1.29 is 14.2 Å². The Labute approximate surface area is 139 Å². The van der Waals surface area contributed by atoms with E-state index in [1.165, 1.54) is 14.2 Å². The lowest BCUT2D eigenvalue weighted by Crippen LogP contribution is -2.06. The number of anilines is 1. The smallest absolute Gasteiger partial charge is 0.234 e. The van der Waals surface area contributed by atoms with Crippen molar-refractivity contribution >= 4 is 5.82 Å². The molecule has 0 saturated heterocycles. The third-order valence-electron chi connectivity index (χ3n) is 3.37. The molecular formula is C17H16N4O3. The Kier molecular flexibility index (Phi) is 5.08. The van der Waals surface area contributed by atoms with E-state index in [-0.39, 0.29) is 22.8 Å². The van der Waals surface area contributed by atoms with Crippen LogP contribution in [0.15, 0.2) is 18.2 Å². The summed E-state index contributed by atoms with van der Waals surface area (Å²) in [5, 5.41) is 19.0. The summed E-state index contributed by atoms with van der Waals surface area (Å²) >= 11 is 0. The molecule has 1 aromatic carbocycles. The van der Waals surface area contributed by atoms with Crippen molar-refractivity contribution in [3.8, 4) is 40.6 Å². The number of hydrogen-bond acceptors (Lipinski definition) is 7. The number of hydrogen-bond donors (Lipinski definition) is 1. The molecule has 24 heavy (non-hydrogen) atoms. The van der Waals surface area contributed by atoms with Gasteiger partial charge in [-0.3, -0.25) is 0 Å². The van der Waals surface area contributed by atoms with Crippen LogP contribution < -0.4 is 19.9 Å². The van der Waals surface area contributed by atoms with Gasteiger partial charge in [0.25, 0.3) is 0 Å². The minimum absolute atomic E-state index is 0.00438. The average molecular weight is 324 g/mol. The highest BCUT2D eigenvalue weighted by Crippen LogP contribution is 2.38. The van der Waals surface area contributed by atoms with Crippen molar-refractivity contribution in [1.82, 2.24) is 4.98 Å². The normalized spacial score (nSPS) is 9.71. The van der Waals surface area contributed by atoms with Gasteiger partial charge in [0.1, 0.15) is 29.1 Å². The number of ether oxygens (including phenoxy) is 3. The van der Waals surface area contributed by atoms with E-state index in [4.69, 9.17) is 19.9 Å². The molecule has 0 atom stereocenters. The zero-order valence-corrected chi connectivity index (χ0v) is 13.6. The molecule has 0 spiro atoms. The number of rotatable bonds is 5.